The number of halogens is 1. The second-order valence-corrected chi connectivity index (χ2v) is 2.37. The number of aromatic hydroxyl groups is 1. The van der Waals surface area contributed by atoms with Crippen molar-refractivity contribution in [2.75, 3.05) is 0 Å². The van der Waals surface area contributed by atoms with Gasteiger partial charge in [0, 0.05) is 5.02 Å². The number of rotatable bonds is 0. The first-order chi connectivity index (χ1) is 5.20. The predicted molar refractivity (Wildman–Crippen MR) is 49.2 cm³/mol. The summed E-state index contributed by atoms with van der Waals surface area (Å²) in [5.41, 5.74) is 0.808. The Morgan fingerprint density at radius 1 is 1.27 bits per heavy atom. The highest BCUT2D eigenvalue weighted by Crippen LogP contribution is 2.19. The maximum atomic E-state index is 8.99. The van der Waals surface area contributed by atoms with Gasteiger partial charge in [-0.2, -0.15) is 0 Å². The van der Waals surface area contributed by atoms with E-state index in [1.54, 1.807) is 25.1 Å². The molecule has 0 aliphatic rings. The molecule has 1 rings (SSSR count). The molecule has 62 valence electrons. The van der Waals surface area contributed by atoms with E-state index in [1.165, 1.54) is 0 Å². The van der Waals surface area contributed by atoms with Gasteiger partial charge in [-0.1, -0.05) is 25.4 Å². The van der Waals surface area contributed by atoms with E-state index in [4.69, 9.17) is 16.7 Å². The molecule has 0 saturated carbocycles. The second kappa shape index (κ2) is 5.03. The lowest BCUT2D eigenvalue weighted by molar-refractivity contribution is 0.471. The lowest BCUT2D eigenvalue weighted by Crippen LogP contribution is -1.71. The highest BCUT2D eigenvalue weighted by molar-refractivity contribution is 6.30. The van der Waals surface area contributed by atoms with Gasteiger partial charge in [0.05, 0.1) is 0 Å². The Labute approximate surface area is 72.6 Å². The van der Waals surface area contributed by atoms with Crippen LogP contribution in [-0.2, 0) is 0 Å². The third-order valence-electron chi connectivity index (χ3n) is 1.16. The van der Waals surface area contributed by atoms with E-state index < -0.39 is 0 Å². The van der Waals surface area contributed by atoms with Gasteiger partial charge in [-0.25, -0.2) is 0 Å². The van der Waals surface area contributed by atoms with E-state index in [2.05, 4.69) is 0 Å². The van der Waals surface area contributed by atoms with Crippen LogP contribution in [0.15, 0.2) is 18.2 Å². The van der Waals surface area contributed by atoms with Gasteiger partial charge in [0.25, 0.3) is 0 Å². The zero-order valence-corrected chi connectivity index (χ0v) is 7.81. The average Bonchev–Trinajstić information content (AvgIpc) is 2.02. The molecule has 0 heterocycles. The molecule has 1 N–H and O–H groups in total. The highest BCUT2D eigenvalue weighted by atomic mass is 35.5. The fourth-order valence-corrected chi connectivity index (χ4v) is 0.846. The summed E-state index contributed by atoms with van der Waals surface area (Å²) in [5.74, 6) is 0.291. The van der Waals surface area contributed by atoms with Gasteiger partial charge in [0.15, 0.2) is 0 Å². The van der Waals surface area contributed by atoms with E-state index in [0.29, 0.717) is 10.8 Å². The van der Waals surface area contributed by atoms with E-state index in [9.17, 15) is 0 Å². The molecule has 0 radical (unpaired) electrons. The Morgan fingerprint density at radius 2 is 1.82 bits per heavy atom. The van der Waals surface area contributed by atoms with Crippen molar-refractivity contribution in [1.82, 2.24) is 0 Å². The normalized spacial score (nSPS) is 8.36. The number of phenolic OH excluding ortho intramolecular Hbond substituents is 1. The Bertz CT molecular complexity index is 221. The van der Waals surface area contributed by atoms with Crippen LogP contribution >= 0.6 is 11.6 Å². The van der Waals surface area contributed by atoms with Crippen molar-refractivity contribution in [2.24, 2.45) is 0 Å². The minimum Gasteiger partial charge on any atom is -0.508 e. The van der Waals surface area contributed by atoms with E-state index in [0.717, 1.165) is 5.56 Å². The summed E-state index contributed by atoms with van der Waals surface area (Å²) in [7, 11) is 0. The molecule has 1 nitrogen and oxygen atoms in total. The molecule has 0 spiro atoms. The molecule has 0 aliphatic heterocycles. The monoisotopic (exact) mass is 172 g/mol. The molecule has 0 aromatic heterocycles. The molecule has 0 aliphatic carbocycles. The molecular weight excluding hydrogens is 160 g/mol. The van der Waals surface area contributed by atoms with Crippen LogP contribution in [0.2, 0.25) is 5.02 Å². The minimum absolute atomic E-state index is 0.291. The maximum absolute atomic E-state index is 8.99. The first-order valence-electron chi connectivity index (χ1n) is 3.65. The predicted octanol–water partition coefficient (Wildman–Crippen LogP) is 3.38. The molecule has 0 unspecified atom stereocenters. The molecule has 0 fully saturated rings. The van der Waals surface area contributed by atoms with Crippen molar-refractivity contribution in [1.29, 1.82) is 0 Å². The molecule has 0 amide bonds. The van der Waals surface area contributed by atoms with Gasteiger partial charge in [-0.3, -0.25) is 0 Å². The molecule has 1 aromatic carbocycles. The Balaban J connectivity index is 0.000000461. The van der Waals surface area contributed by atoms with Crippen molar-refractivity contribution in [3.05, 3.63) is 28.8 Å². The third-order valence-corrected chi connectivity index (χ3v) is 1.39. The zero-order chi connectivity index (χ0) is 8.85. The largest absolute Gasteiger partial charge is 0.508 e. The van der Waals surface area contributed by atoms with Crippen LogP contribution in [0.3, 0.4) is 0 Å². The zero-order valence-electron chi connectivity index (χ0n) is 7.06. The SMILES string of the molecule is CC.Cc1cc(Cl)ccc1O. The number of benzene rings is 1. The number of phenols is 1. The smallest absolute Gasteiger partial charge is 0.118 e. The fraction of sp³-hybridized carbons (Fsp3) is 0.333. The summed E-state index contributed by atoms with van der Waals surface area (Å²) in [6.07, 6.45) is 0. The lowest BCUT2D eigenvalue weighted by Gasteiger charge is -1.95. The van der Waals surface area contributed by atoms with E-state index in [1.807, 2.05) is 13.8 Å². The molecule has 0 saturated heterocycles. The van der Waals surface area contributed by atoms with Crippen molar-refractivity contribution in [3.8, 4) is 5.75 Å². The van der Waals surface area contributed by atoms with Crippen molar-refractivity contribution in [3.63, 3.8) is 0 Å². The summed E-state index contributed by atoms with van der Waals surface area (Å²) in [6, 6.07) is 4.96. The quantitative estimate of drug-likeness (QED) is 0.636. The van der Waals surface area contributed by atoms with Gasteiger partial charge >= 0.3 is 0 Å². The molecule has 2 heteroatoms. The van der Waals surface area contributed by atoms with Gasteiger partial charge in [0.1, 0.15) is 5.75 Å². The molecule has 0 bridgehead atoms. The summed E-state index contributed by atoms with van der Waals surface area (Å²) < 4.78 is 0. The molecule has 11 heavy (non-hydrogen) atoms. The second-order valence-electron chi connectivity index (χ2n) is 1.93. The van der Waals surface area contributed by atoms with Crippen molar-refractivity contribution in [2.45, 2.75) is 20.8 Å². The maximum Gasteiger partial charge on any atom is 0.118 e. The number of hydrogen-bond donors (Lipinski definition) is 1. The Hall–Kier alpha value is -0.690. The minimum atomic E-state index is 0.291. The van der Waals surface area contributed by atoms with Crippen LogP contribution < -0.4 is 0 Å². The van der Waals surface area contributed by atoms with E-state index >= 15 is 0 Å². The Morgan fingerprint density at radius 3 is 2.18 bits per heavy atom. The highest BCUT2D eigenvalue weighted by Gasteiger charge is 1.93. The average molecular weight is 173 g/mol. The van der Waals surface area contributed by atoms with E-state index in [-0.39, 0.29) is 0 Å². The standard InChI is InChI=1S/C7H7ClO.C2H6/c1-5-4-6(8)2-3-7(5)9;1-2/h2-4,9H,1H3;1-2H3. The van der Waals surface area contributed by atoms with Crippen LogP contribution in [0.25, 0.3) is 0 Å². The summed E-state index contributed by atoms with van der Waals surface area (Å²) in [6.45, 7) is 5.81. The molecule has 0 atom stereocenters. The summed E-state index contributed by atoms with van der Waals surface area (Å²) in [4.78, 5) is 0. The number of aryl methyl sites for hydroxylation is 1. The Kier molecular flexibility index (Phi) is 4.71. The van der Waals surface area contributed by atoms with Crippen LogP contribution in [0, 0.1) is 6.92 Å². The van der Waals surface area contributed by atoms with Crippen LogP contribution in [0.4, 0.5) is 0 Å². The van der Waals surface area contributed by atoms with Gasteiger partial charge < -0.3 is 5.11 Å². The summed E-state index contributed by atoms with van der Waals surface area (Å²) in [5, 5.41) is 9.64. The van der Waals surface area contributed by atoms with Gasteiger partial charge in [0.2, 0.25) is 0 Å². The van der Waals surface area contributed by atoms with Crippen LogP contribution in [0.1, 0.15) is 19.4 Å². The van der Waals surface area contributed by atoms with Gasteiger partial charge in [-0.05, 0) is 30.7 Å². The summed E-state index contributed by atoms with van der Waals surface area (Å²) >= 11 is 5.61. The van der Waals surface area contributed by atoms with Crippen molar-refractivity contribution >= 4 is 11.6 Å². The number of hydrogen-bond acceptors (Lipinski definition) is 1. The van der Waals surface area contributed by atoms with Gasteiger partial charge in [-0.15, -0.1) is 0 Å². The topological polar surface area (TPSA) is 20.2 Å². The third kappa shape index (κ3) is 3.28. The first kappa shape index (κ1) is 10.3. The molecular formula is C9H13ClO. The first-order valence-corrected chi connectivity index (χ1v) is 4.03. The lowest BCUT2D eigenvalue weighted by atomic mass is 10.2. The van der Waals surface area contributed by atoms with Crippen molar-refractivity contribution < 1.29 is 5.11 Å². The van der Waals surface area contributed by atoms with Crippen LogP contribution in [-0.4, -0.2) is 5.11 Å². The van der Waals surface area contributed by atoms with Crippen LogP contribution in [0.5, 0.6) is 5.75 Å². The molecule has 1 aromatic rings. The fourth-order valence-electron chi connectivity index (χ4n) is 0.619.